The number of anilines is 1. The van der Waals surface area contributed by atoms with Crippen molar-refractivity contribution >= 4 is 21.6 Å². The number of nitrogens with one attached hydrogen (secondary N) is 1. The van der Waals surface area contributed by atoms with Gasteiger partial charge in [-0.1, -0.05) is 19.1 Å². The molecule has 1 unspecified atom stereocenters. The molecule has 0 aliphatic carbocycles. The van der Waals surface area contributed by atoms with Gasteiger partial charge in [0, 0.05) is 18.7 Å². The Hall–Kier alpha value is -2.58. The lowest BCUT2D eigenvalue weighted by Gasteiger charge is -2.32. The fraction of sp³-hybridized carbons (Fsp3) is 0.350. The summed E-state index contributed by atoms with van der Waals surface area (Å²) in [6.07, 6.45) is 0.887. The Labute approximate surface area is 165 Å². The van der Waals surface area contributed by atoms with E-state index in [0.717, 1.165) is 6.42 Å². The molecular weight excluding hydrogens is 380 g/mol. The number of nitrogens with zero attached hydrogens (tertiary/aromatic N) is 1. The average Bonchev–Trinajstić information content (AvgIpc) is 2.73. The monoisotopic (exact) mass is 404 g/mol. The number of rotatable bonds is 6. The Morgan fingerprint density at radius 1 is 1.21 bits per heavy atom. The predicted octanol–water partition coefficient (Wildman–Crippen LogP) is 2.75. The van der Waals surface area contributed by atoms with Gasteiger partial charge in [0.1, 0.15) is 5.75 Å². The SMILES string of the molecule is CCC1CN(C(=O)c2ccc(S(=O)(=O)Nc3ccccc3OC)cc2)CCO1. The summed E-state index contributed by atoms with van der Waals surface area (Å²) < 4.78 is 38.6. The highest BCUT2D eigenvalue weighted by Gasteiger charge is 2.24. The van der Waals surface area contributed by atoms with Gasteiger partial charge >= 0.3 is 0 Å². The first-order chi connectivity index (χ1) is 13.4. The highest BCUT2D eigenvalue weighted by Crippen LogP contribution is 2.26. The fourth-order valence-electron chi connectivity index (χ4n) is 3.04. The fourth-order valence-corrected chi connectivity index (χ4v) is 4.11. The third-order valence-electron chi connectivity index (χ3n) is 4.64. The lowest BCUT2D eigenvalue weighted by Crippen LogP contribution is -2.45. The number of hydrogen-bond donors (Lipinski definition) is 1. The molecule has 0 bridgehead atoms. The van der Waals surface area contributed by atoms with Gasteiger partial charge in [0.05, 0.1) is 30.4 Å². The molecule has 28 heavy (non-hydrogen) atoms. The second-order valence-corrected chi connectivity index (χ2v) is 8.16. The molecule has 1 aliphatic rings. The van der Waals surface area contributed by atoms with Crippen LogP contribution in [0, 0.1) is 0 Å². The van der Waals surface area contributed by atoms with Gasteiger partial charge in [0.15, 0.2) is 0 Å². The molecule has 0 aromatic heterocycles. The first-order valence-corrected chi connectivity index (χ1v) is 10.6. The molecule has 0 spiro atoms. The summed E-state index contributed by atoms with van der Waals surface area (Å²) in [4.78, 5) is 14.5. The quantitative estimate of drug-likeness (QED) is 0.800. The minimum Gasteiger partial charge on any atom is -0.495 e. The molecule has 8 heteroatoms. The summed E-state index contributed by atoms with van der Waals surface area (Å²) in [5, 5.41) is 0. The van der Waals surface area contributed by atoms with E-state index in [-0.39, 0.29) is 16.9 Å². The van der Waals surface area contributed by atoms with Crippen LogP contribution in [-0.2, 0) is 14.8 Å². The lowest BCUT2D eigenvalue weighted by molar-refractivity contribution is -0.0226. The molecular formula is C20H24N2O5S. The molecule has 1 amide bonds. The minimum atomic E-state index is -3.80. The number of hydrogen-bond acceptors (Lipinski definition) is 5. The minimum absolute atomic E-state index is 0.0439. The second kappa shape index (κ2) is 8.62. The molecule has 1 N–H and O–H groups in total. The van der Waals surface area contributed by atoms with Gasteiger partial charge < -0.3 is 14.4 Å². The van der Waals surface area contributed by atoms with E-state index in [9.17, 15) is 13.2 Å². The number of methoxy groups -OCH3 is 1. The van der Waals surface area contributed by atoms with Crippen LogP contribution in [0.4, 0.5) is 5.69 Å². The molecule has 1 heterocycles. The molecule has 0 radical (unpaired) electrons. The number of morpholine rings is 1. The Bertz CT molecular complexity index is 928. The van der Waals surface area contributed by atoms with E-state index < -0.39 is 10.0 Å². The third kappa shape index (κ3) is 4.45. The highest BCUT2D eigenvalue weighted by atomic mass is 32.2. The zero-order chi connectivity index (χ0) is 20.1. The summed E-state index contributed by atoms with van der Waals surface area (Å²) >= 11 is 0. The van der Waals surface area contributed by atoms with E-state index in [1.807, 2.05) is 6.92 Å². The van der Waals surface area contributed by atoms with Crippen molar-refractivity contribution < 1.29 is 22.7 Å². The maximum atomic E-state index is 12.7. The van der Waals surface area contributed by atoms with Crippen LogP contribution in [-0.4, -0.2) is 52.1 Å². The number of carbonyl (C=O) groups is 1. The number of para-hydroxylation sites is 2. The summed E-state index contributed by atoms with van der Waals surface area (Å²) in [7, 11) is -2.33. The maximum absolute atomic E-state index is 12.7. The molecule has 3 rings (SSSR count). The maximum Gasteiger partial charge on any atom is 0.262 e. The highest BCUT2D eigenvalue weighted by molar-refractivity contribution is 7.92. The van der Waals surface area contributed by atoms with Crippen LogP contribution in [0.2, 0.25) is 0 Å². The predicted molar refractivity (Wildman–Crippen MR) is 106 cm³/mol. The van der Waals surface area contributed by atoms with E-state index in [2.05, 4.69) is 4.72 Å². The van der Waals surface area contributed by atoms with Crippen LogP contribution >= 0.6 is 0 Å². The van der Waals surface area contributed by atoms with Gasteiger partial charge in [-0.2, -0.15) is 0 Å². The molecule has 1 saturated heterocycles. The largest absolute Gasteiger partial charge is 0.495 e. The van der Waals surface area contributed by atoms with Crippen molar-refractivity contribution in [1.82, 2.24) is 4.90 Å². The van der Waals surface area contributed by atoms with Crippen LogP contribution in [0.15, 0.2) is 53.4 Å². The number of amides is 1. The molecule has 0 saturated carbocycles. The molecule has 1 aliphatic heterocycles. The van der Waals surface area contributed by atoms with Crippen molar-refractivity contribution in [1.29, 1.82) is 0 Å². The standard InChI is InChI=1S/C20H24N2O5S/c1-3-16-14-22(12-13-27-16)20(23)15-8-10-17(11-9-15)28(24,25)21-18-6-4-5-7-19(18)26-2/h4-11,16,21H,3,12-14H2,1-2H3. The van der Waals surface area contributed by atoms with Crippen molar-refractivity contribution in [2.75, 3.05) is 31.5 Å². The normalized spacial score (nSPS) is 17.2. The Morgan fingerprint density at radius 3 is 2.61 bits per heavy atom. The third-order valence-corrected chi connectivity index (χ3v) is 6.03. The summed E-state index contributed by atoms with van der Waals surface area (Å²) in [6, 6.07) is 12.7. The van der Waals surface area contributed by atoms with Gasteiger partial charge in [-0.3, -0.25) is 9.52 Å². The zero-order valence-electron chi connectivity index (χ0n) is 15.9. The topological polar surface area (TPSA) is 84.9 Å². The van der Waals surface area contributed by atoms with E-state index in [1.54, 1.807) is 29.2 Å². The lowest BCUT2D eigenvalue weighted by atomic mass is 10.1. The van der Waals surface area contributed by atoms with Gasteiger partial charge in [0.2, 0.25) is 0 Å². The average molecular weight is 404 g/mol. The van der Waals surface area contributed by atoms with Crippen molar-refractivity contribution in [3.8, 4) is 5.75 Å². The molecule has 2 aromatic carbocycles. The number of carbonyl (C=O) groups excluding carboxylic acids is 1. The Balaban J connectivity index is 1.75. The van der Waals surface area contributed by atoms with Crippen molar-refractivity contribution in [3.05, 3.63) is 54.1 Å². The van der Waals surface area contributed by atoms with E-state index in [4.69, 9.17) is 9.47 Å². The van der Waals surface area contributed by atoms with Crippen molar-refractivity contribution in [2.45, 2.75) is 24.3 Å². The van der Waals surface area contributed by atoms with Gasteiger partial charge in [-0.05, 0) is 42.8 Å². The molecule has 150 valence electrons. The number of ether oxygens (including phenoxy) is 2. The first kappa shape index (κ1) is 20.2. The van der Waals surface area contributed by atoms with Crippen LogP contribution in [0.3, 0.4) is 0 Å². The number of sulfonamides is 1. The van der Waals surface area contributed by atoms with Crippen LogP contribution in [0.1, 0.15) is 23.7 Å². The van der Waals surface area contributed by atoms with Crippen molar-refractivity contribution in [2.24, 2.45) is 0 Å². The van der Waals surface area contributed by atoms with E-state index in [0.29, 0.717) is 36.7 Å². The zero-order valence-corrected chi connectivity index (χ0v) is 16.7. The van der Waals surface area contributed by atoms with Crippen molar-refractivity contribution in [3.63, 3.8) is 0 Å². The Kier molecular flexibility index (Phi) is 6.21. The van der Waals surface area contributed by atoms with Gasteiger partial charge in [-0.25, -0.2) is 8.42 Å². The Morgan fingerprint density at radius 2 is 1.93 bits per heavy atom. The van der Waals surface area contributed by atoms with Gasteiger partial charge in [0.25, 0.3) is 15.9 Å². The van der Waals surface area contributed by atoms with Crippen LogP contribution < -0.4 is 9.46 Å². The summed E-state index contributed by atoms with van der Waals surface area (Å²) in [6.45, 7) is 3.61. The smallest absolute Gasteiger partial charge is 0.262 e. The number of benzene rings is 2. The molecule has 1 atom stereocenters. The molecule has 7 nitrogen and oxygen atoms in total. The molecule has 2 aromatic rings. The summed E-state index contributed by atoms with van der Waals surface area (Å²) in [5.41, 5.74) is 0.803. The first-order valence-electron chi connectivity index (χ1n) is 9.11. The van der Waals surface area contributed by atoms with Crippen LogP contribution in [0.25, 0.3) is 0 Å². The second-order valence-electron chi connectivity index (χ2n) is 6.48. The van der Waals surface area contributed by atoms with E-state index >= 15 is 0 Å². The van der Waals surface area contributed by atoms with Crippen LogP contribution in [0.5, 0.6) is 5.75 Å². The van der Waals surface area contributed by atoms with Gasteiger partial charge in [-0.15, -0.1) is 0 Å². The summed E-state index contributed by atoms with van der Waals surface area (Å²) in [5.74, 6) is 0.305. The molecule has 1 fully saturated rings. The van der Waals surface area contributed by atoms with E-state index in [1.165, 1.54) is 31.4 Å².